The molecular weight excluding hydrogens is 530 g/mol. The van der Waals surface area contributed by atoms with E-state index in [2.05, 4.69) is 21.2 Å². The lowest BCUT2D eigenvalue weighted by Gasteiger charge is -2.26. The Balaban J connectivity index is 1.80. The minimum Gasteiger partial charge on any atom is -0.459 e. The highest BCUT2D eigenvalue weighted by Crippen LogP contribution is 2.31. The van der Waals surface area contributed by atoms with Crippen LogP contribution in [0, 0.1) is 16.0 Å². The number of rotatable bonds is 9. The fourth-order valence-electron chi connectivity index (χ4n) is 3.37. The van der Waals surface area contributed by atoms with Gasteiger partial charge in [0.05, 0.1) is 23.0 Å². The number of hydrogen-bond donors (Lipinski definition) is 1. The van der Waals surface area contributed by atoms with Crippen molar-refractivity contribution in [1.29, 1.82) is 0 Å². The zero-order valence-corrected chi connectivity index (χ0v) is 21.2. The van der Waals surface area contributed by atoms with Gasteiger partial charge >= 0.3 is 5.97 Å². The van der Waals surface area contributed by atoms with Gasteiger partial charge in [-0.05, 0) is 35.7 Å². The lowest BCUT2D eigenvalue weighted by Crippen LogP contribution is -2.40. The zero-order chi connectivity index (χ0) is 24.9. The van der Waals surface area contributed by atoms with Crippen molar-refractivity contribution in [2.45, 2.75) is 31.4 Å². The van der Waals surface area contributed by atoms with Crippen molar-refractivity contribution >= 4 is 43.3 Å². The van der Waals surface area contributed by atoms with Crippen LogP contribution in [-0.4, -0.2) is 56.0 Å². The molecule has 184 valence electrons. The summed E-state index contributed by atoms with van der Waals surface area (Å²) in [6, 6.07) is 10.0. The summed E-state index contributed by atoms with van der Waals surface area (Å²) >= 11 is 3.34. The van der Waals surface area contributed by atoms with Crippen LogP contribution in [0.15, 0.2) is 51.8 Å². The monoisotopic (exact) mass is 555 g/mol. The summed E-state index contributed by atoms with van der Waals surface area (Å²) in [6.07, 6.45) is 0. The molecule has 2 aromatic rings. The normalized spacial score (nSPS) is 15.6. The van der Waals surface area contributed by atoms with E-state index in [9.17, 15) is 23.3 Å². The van der Waals surface area contributed by atoms with Crippen LogP contribution in [0.5, 0.6) is 0 Å². The van der Waals surface area contributed by atoms with E-state index in [1.165, 1.54) is 16.4 Å². The van der Waals surface area contributed by atoms with Gasteiger partial charge in [-0.15, -0.1) is 0 Å². The Morgan fingerprint density at radius 2 is 1.85 bits per heavy atom. The van der Waals surface area contributed by atoms with Gasteiger partial charge in [0, 0.05) is 23.6 Å². The van der Waals surface area contributed by atoms with Crippen LogP contribution < -0.4 is 5.32 Å². The molecule has 0 bridgehead atoms. The summed E-state index contributed by atoms with van der Waals surface area (Å²) in [6.45, 7) is 4.49. The van der Waals surface area contributed by atoms with E-state index >= 15 is 0 Å². The first-order chi connectivity index (χ1) is 16.1. The molecule has 0 aliphatic carbocycles. The van der Waals surface area contributed by atoms with Gasteiger partial charge in [0.1, 0.15) is 18.3 Å². The number of carbonyl (C=O) groups is 1. The van der Waals surface area contributed by atoms with Crippen LogP contribution in [0.4, 0.5) is 11.4 Å². The molecule has 0 unspecified atom stereocenters. The number of nitrogens with one attached hydrogen (secondary N) is 1. The maximum absolute atomic E-state index is 12.9. The number of halogens is 1. The molecule has 1 aliphatic rings. The minimum absolute atomic E-state index is 0.0326. The Morgan fingerprint density at radius 1 is 1.21 bits per heavy atom. The van der Waals surface area contributed by atoms with E-state index in [1.54, 1.807) is 13.8 Å². The molecule has 1 aliphatic heterocycles. The molecule has 1 atom stereocenters. The van der Waals surface area contributed by atoms with Gasteiger partial charge < -0.3 is 14.8 Å². The molecule has 0 amide bonds. The van der Waals surface area contributed by atoms with Gasteiger partial charge in [-0.25, -0.2) is 13.2 Å². The molecule has 1 N–H and O–H groups in total. The van der Waals surface area contributed by atoms with Crippen molar-refractivity contribution in [3.63, 3.8) is 0 Å². The smallest absolute Gasteiger partial charge is 0.329 e. The number of anilines is 1. The maximum atomic E-state index is 12.9. The SMILES string of the molecule is CC(C)[C@H](Nc1ccc(S(=O)(=O)N2CCOCC2)cc1[N+](=O)[O-])C(=O)OCc1ccc(Br)cc1. The van der Waals surface area contributed by atoms with Crippen LogP contribution in [-0.2, 0) is 30.9 Å². The molecule has 0 spiro atoms. The number of nitro benzene ring substituents is 1. The molecule has 34 heavy (non-hydrogen) atoms. The summed E-state index contributed by atoms with van der Waals surface area (Å²) in [7, 11) is -3.91. The summed E-state index contributed by atoms with van der Waals surface area (Å²) in [5, 5.41) is 14.6. The average molecular weight is 556 g/mol. The summed E-state index contributed by atoms with van der Waals surface area (Å²) in [5.74, 6) is -0.828. The first-order valence-corrected chi connectivity index (χ1v) is 12.9. The topological polar surface area (TPSA) is 128 Å². The van der Waals surface area contributed by atoms with Crippen molar-refractivity contribution in [3.05, 3.63) is 62.6 Å². The molecule has 0 radical (unpaired) electrons. The summed E-state index contributed by atoms with van der Waals surface area (Å²) < 4.78 is 38.5. The van der Waals surface area contributed by atoms with E-state index in [-0.39, 0.29) is 49.4 Å². The number of sulfonamides is 1. The molecule has 2 aromatic carbocycles. The molecular formula is C22H26BrN3O7S. The summed E-state index contributed by atoms with van der Waals surface area (Å²) in [4.78, 5) is 23.7. The summed E-state index contributed by atoms with van der Waals surface area (Å²) in [5.41, 5.74) is 0.383. The fourth-order valence-corrected chi connectivity index (χ4v) is 5.06. The highest BCUT2D eigenvalue weighted by atomic mass is 79.9. The third-order valence-electron chi connectivity index (χ3n) is 5.30. The number of morpholine rings is 1. The van der Waals surface area contributed by atoms with Crippen LogP contribution >= 0.6 is 15.9 Å². The highest BCUT2D eigenvalue weighted by Gasteiger charge is 2.31. The Bertz CT molecular complexity index is 1130. The Morgan fingerprint density at radius 3 is 2.44 bits per heavy atom. The Hall–Kier alpha value is -2.54. The van der Waals surface area contributed by atoms with Crippen molar-refractivity contribution in [2.24, 2.45) is 5.92 Å². The number of ether oxygens (including phenoxy) is 2. The molecule has 0 aromatic heterocycles. The number of nitrogens with zero attached hydrogens (tertiary/aromatic N) is 2. The number of hydrogen-bond acceptors (Lipinski definition) is 8. The van der Waals surface area contributed by atoms with Gasteiger partial charge in [0.2, 0.25) is 10.0 Å². The predicted octanol–water partition coefficient (Wildman–Crippen LogP) is 3.56. The van der Waals surface area contributed by atoms with Crippen LogP contribution in [0.3, 0.4) is 0 Å². The fraction of sp³-hybridized carbons (Fsp3) is 0.409. The molecule has 0 saturated carbocycles. The largest absolute Gasteiger partial charge is 0.459 e. The second-order valence-electron chi connectivity index (χ2n) is 8.05. The van der Waals surface area contributed by atoms with Gasteiger partial charge in [0.15, 0.2) is 0 Å². The van der Waals surface area contributed by atoms with Gasteiger partial charge in [0.25, 0.3) is 5.69 Å². The van der Waals surface area contributed by atoms with E-state index < -0.39 is 32.6 Å². The molecule has 12 heteroatoms. The Kier molecular flexibility index (Phi) is 8.63. The average Bonchev–Trinajstić information content (AvgIpc) is 2.82. The Labute approximate surface area is 206 Å². The first kappa shape index (κ1) is 26.1. The van der Waals surface area contributed by atoms with E-state index in [0.717, 1.165) is 16.1 Å². The third kappa shape index (κ3) is 6.32. The second kappa shape index (κ2) is 11.3. The van der Waals surface area contributed by atoms with Crippen LogP contribution in [0.2, 0.25) is 0 Å². The van der Waals surface area contributed by atoms with Gasteiger partial charge in [-0.2, -0.15) is 4.31 Å². The maximum Gasteiger partial charge on any atom is 0.329 e. The molecule has 1 fully saturated rings. The standard InChI is InChI=1S/C22H26BrN3O7S/c1-15(2)21(22(27)33-14-16-3-5-17(23)6-4-16)24-19-8-7-18(13-20(19)26(28)29)34(30,31)25-9-11-32-12-10-25/h3-8,13,15,21,24H,9-12,14H2,1-2H3/t21-/m0/s1. The van der Waals surface area contributed by atoms with Gasteiger partial charge in [-0.3, -0.25) is 10.1 Å². The molecule has 1 heterocycles. The molecule has 1 saturated heterocycles. The second-order valence-corrected chi connectivity index (χ2v) is 10.9. The van der Waals surface area contributed by atoms with E-state index in [0.29, 0.717) is 0 Å². The quantitative estimate of drug-likeness (QED) is 0.282. The number of carbonyl (C=O) groups excluding carboxylic acids is 1. The number of nitro groups is 1. The third-order valence-corrected chi connectivity index (χ3v) is 7.72. The van der Waals surface area contributed by atoms with Crippen molar-refractivity contribution < 1.29 is 27.6 Å². The lowest BCUT2D eigenvalue weighted by atomic mass is 10.0. The van der Waals surface area contributed by atoms with Gasteiger partial charge in [-0.1, -0.05) is 41.9 Å². The van der Waals surface area contributed by atoms with Crippen molar-refractivity contribution in [1.82, 2.24) is 4.31 Å². The zero-order valence-electron chi connectivity index (χ0n) is 18.8. The highest BCUT2D eigenvalue weighted by molar-refractivity contribution is 9.10. The van der Waals surface area contributed by atoms with E-state index in [1.807, 2.05) is 24.3 Å². The number of esters is 1. The first-order valence-electron chi connectivity index (χ1n) is 10.6. The van der Waals surface area contributed by atoms with Crippen molar-refractivity contribution in [2.75, 3.05) is 31.6 Å². The predicted molar refractivity (Wildman–Crippen MR) is 129 cm³/mol. The van der Waals surface area contributed by atoms with Crippen molar-refractivity contribution in [3.8, 4) is 0 Å². The molecule has 3 rings (SSSR count). The number of benzene rings is 2. The lowest BCUT2D eigenvalue weighted by molar-refractivity contribution is -0.384. The molecule has 10 nitrogen and oxygen atoms in total. The minimum atomic E-state index is -3.91. The van der Waals surface area contributed by atoms with Crippen LogP contribution in [0.1, 0.15) is 19.4 Å². The van der Waals surface area contributed by atoms with Crippen LogP contribution in [0.25, 0.3) is 0 Å². The van der Waals surface area contributed by atoms with E-state index in [4.69, 9.17) is 9.47 Å².